The summed E-state index contributed by atoms with van der Waals surface area (Å²) in [7, 11) is 1.95. The van der Waals surface area contributed by atoms with Crippen LogP contribution in [0.2, 0.25) is 0 Å². The zero-order valence-corrected chi connectivity index (χ0v) is 10.6. The van der Waals surface area contributed by atoms with Gasteiger partial charge in [0.15, 0.2) is 0 Å². The number of hydrogen-bond donors (Lipinski definition) is 1. The van der Waals surface area contributed by atoms with E-state index in [-0.39, 0.29) is 6.04 Å². The molecule has 0 aliphatic carbocycles. The van der Waals surface area contributed by atoms with Crippen LogP contribution < -0.4 is 5.73 Å². The number of imidazole rings is 1. The summed E-state index contributed by atoms with van der Waals surface area (Å²) in [5.74, 6) is 0.551. The minimum Gasteiger partial charge on any atom is -0.340 e. The van der Waals surface area contributed by atoms with Gasteiger partial charge >= 0.3 is 0 Å². The second-order valence-electron chi connectivity index (χ2n) is 4.76. The molecule has 0 aliphatic rings. The normalized spacial score (nSPS) is 13.0. The molecule has 0 radical (unpaired) electrons. The van der Waals surface area contributed by atoms with Crippen molar-refractivity contribution >= 4 is 0 Å². The summed E-state index contributed by atoms with van der Waals surface area (Å²) in [5, 5.41) is 0. The average molecular weight is 229 g/mol. The molecule has 90 valence electrons. The Morgan fingerprint density at radius 1 is 1.12 bits per heavy atom. The summed E-state index contributed by atoms with van der Waals surface area (Å²) in [5.41, 5.74) is 9.53. The summed E-state index contributed by atoms with van der Waals surface area (Å²) in [6.45, 7) is 4.38. The molecule has 3 heteroatoms. The highest BCUT2D eigenvalue weighted by atomic mass is 15.0. The van der Waals surface area contributed by atoms with Crippen molar-refractivity contribution in [2.75, 3.05) is 0 Å². The van der Waals surface area contributed by atoms with Crippen LogP contribution in [0.25, 0.3) is 0 Å². The Balaban J connectivity index is 2.22. The predicted molar refractivity (Wildman–Crippen MR) is 69.8 cm³/mol. The number of aromatic nitrogens is 2. The molecule has 0 fully saturated rings. The number of nitrogens with two attached hydrogens (primary N) is 1. The van der Waals surface area contributed by atoms with Crippen LogP contribution in [0.15, 0.2) is 36.8 Å². The highest BCUT2D eigenvalue weighted by Gasteiger charge is 2.11. The molecule has 2 rings (SSSR count). The molecule has 1 heterocycles. The molecule has 2 N–H and O–H groups in total. The molecule has 3 nitrogen and oxygen atoms in total. The SMILES string of the molecule is CC(C)c1ccc(C(N)c2cn(C)cn2)cc1. The number of hydrogen-bond acceptors (Lipinski definition) is 2. The summed E-state index contributed by atoms with van der Waals surface area (Å²) in [4.78, 5) is 4.29. The zero-order valence-electron chi connectivity index (χ0n) is 10.6. The molecule has 0 bridgehead atoms. The third-order valence-electron chi connectivity index (χ3n) is 3.01. The monoisotopic (exact) mass is 229 g/mol. The van der Waals surface area contributed by atoms with E-state index in [9.17, 15) is 0 Å². The highest BCUT2D eigenvalue weighted by molar-refractivity contribution is 5.30. The van der Waals surface area contributed by atoms with Crippen LogP contribution in [0, 0.1) is 0 Å². The topological polar surface area (TPSA) is 43.8 Å². The van der Waals surface area contributed by atoms with E-state index >= 15 is 0 Å². The number of nitrogens with zero attached hydrogens (tertiary/aromatic N) is 2. The van der Waals surface area contributed by atoms with E-state index in [0.717, 1.165) is 11.3 Å². The summed E-state index contributed by atoms with van der Waals surface area (Å²) in [6, 6.07) is 8.33. The minimum absolute atomic E-state index is 0.141. The lowest BCUT2D eigenvalue weighted by Gasteiger charge is -2.11. The van der Waals surface area contributed by atoms with E-state index < -0.39 is 0 Å². The first kappa shape index (κ1) is 11.9. The molecule has 1 aromatic carbocycles. The van der Waals surface area contributed by atoms with E-state index in [1.807, 2.05) is 17.8 Å². The molecule has 17 heavy (non-hydrogen) atoms. The fourth-order valence-corrected chi connectivity index (χ4v) is 1.85. The van der Waals surface area contributed by atoms with Crippen LogP contribution in [-0.4, -0.2) is 9.55 Å². The second-order valence-corrected chi connectivity index (χ2v) is 4.76. The van der Waals surface area contributed by atoms with Gasteiger partial charge in [0.1, 0.15) is 0 Å². The lowest BCUT2D eigenvalue weighted by atomic mass is 9.98. The van der Waals surface area contributed by atoms with Gasteiger partial charge in [-0.05, 0) is 17.0 Å². The Morgan fingerprint density at radius 3 is 2.18 bits per heavy atom. The van der Waals surface area contributed by atoms with E-state index in [0.29, 0.717) is 5.92 Å². The van der Waals surface area contributed by atoms with Crippen molar-refractivity contribution in [2.45, 2.75) is 25.8 Å². The number of rotatable bonds is 3. The van der Waals surface area contributed by atoms with Gasteiger partial charge in [-0.25, -0.2) is 4.98 Å². The Hall–Kier alpha value is -1.61. The maximum atomic E-state index is 6.18. The fraction of sp³-hybridized carbons (Fsp3) is 0.357. The number of aryl methyl sites for hydroxylation is 1. The zero-order chi connectivity index (χ0) is 12.4. The Kier molecular flexibility index (Phi) is 3.29. The smallest absolute Gasteiger partial charge is 0.0947 e. The Bertz CT molecular complexity index is 482. The molecule has 2 aromatic rings. The molecular formula is C14H19N3. The van der Waals surface area contributed by atoms with Gasteiger partial charge in [-0.1, -0.05) is 38.1 Å². The minimum atomic E-state index is -0.141. The summed E-state index contributed by atoms with van der Waals surface area (Å²) >= 11 is 0. The van der Waals surface area contributed by atoms with Crippen LogP contribution in [0.1, 0.15) is 42.6 Å². The van der Waals surface area contributed by atoms with Gasteiger partial charge in [-0.2, -0.15) is 0 Å². The van der Waals surface area contributed by atoms with Crippen LogP contribution >= 0.6 is 0 Å². The molecule has 0 spiro atoms. The molecule has 0 saturated heterocycles. The van der Waals surface area contributed by atoms with Gasteiger partial charge < -0.3 is 10.3 Å². The van der Waals surface area contributed by atoms with Crippen molar-refractivity contribution in [3.8, 4) is 0 Å². The van der Waals surface area contributed by atoms with Crippen molar-refractivity contribution in [1.82, 2.24) is 9.55 Å². The van der Waals surface area contributed by atoms with Gasteiger partial charge in [-0.3, -0.25) is 0 Å². The van der Waals surface area contributed by atoms with E-state index in [2.05, 4.69) is 43.1 Å². The van der Waals surface area contributed by atoms with Crippen molar-refractivity contribution in [2.24, 2.45) is 12.8 Å². The van der Waals surface area contributed by atoms with Gasteiger partial charge in [0, 0.05) is 13.2 Å². The van der Waals surface area contributed by atoms with E-state index in [4.69, 9.17) is 5.73 Å². The summed E-state index contributed by atoms with van der Waals surface area (Å²) in [6.07, 6.45) is 3.73. The summed E-state index contributed by atoms with van der Waals surface area (Å²) < 4.78 is 1.91. The maximum absolute atomic E-state index is 6.18. The molecule has 0 aliphatic heterocycles. The Morgan fingerprint density at radius 2 is 1.71 bits per heavy atom. The van der Waals surface area contributed by atoms with Crippen molar-refractivity contribution < 1.29 is 0 Å². The lowest BCUT2D eigenvalue weighted by molar-refractivity contribution is 0.825. The predicted octanol–water partition coefficient (Wildman–Crippen LogP) is 2.59. The van der Waals surface area contributed by atoms with E-state index in [1.165, 1.54) is 5.56 Å². The maximum Gasteiger partial charge on any atom is 0.0947 e. The quantitative estimate of drug-likeness (QED) is 0.879. The molecule has 1 atom stereocenters. The standard InChI is InChI=1S/C14H19N3/c1-10(2)11-4-6-12(7-5-11)14(15)13-8-17(3)9-16-13/h4-10,14H,15H2,1-3H3. The first-order chi connectivity index (χ1) is 8.08. The first-order valence-electron chi connectivity index (χ1n) is 5.91. The third kappa shape index (κ3) is 2.56. The van der Waals surface area contributed by atoms with E-state index in [1.54, 1.807) is 6.33 Å². The van der Waals surface area contributed by atoms with Gasteiger partial charge in [0.25, 0.3) is 0 Å². The van der Waals surface area contributed by atoms with Gasteiger partial charge in [0.05, 0.1) is 18.1 Å². The molecule has 0 saturated carbocycles. The van der Waals surface area contributed by atoms with Gasteiger partial charge in [-0.15, -0.1) is 0 Å². The molecule has 1 unspecified atom stereocenters. The van der Waals surface area contributed by atoms with Crippen LogP contribution in [0.4, 0.5) is 0 Å². The molecule has 0 amide bonds. The van der Waals surface area contributed by atoms with Crippen molar-refractivity contribution in [3.63, 3.8) is 0 Å². The lowest BCUT2D eigenvalue weighted by Crippen LogP contribution is -2.12. The van der Waals surface area contributed by atoms with Crippen LogP contribution in [0.5, 0.6) is 0 Å². The largest absolute Gasteiger partial charge is 0.340 e. The van der Waals surface area contributed by atoms with Crippen molar-refractivity contribution in [1.29, 1.82) is 0 Å². The molecular weight excluding hydrogens is 210 g/mol. The van der Waals surface area contributed by atoms with Crippen LogP contribution in [0.3, 0.4) is 0 Å². The Labute approximate surface area is 102 Å². The first-order valence-corrected chi connectivity index (χ1v) is 5.91. The molecule has 1 aromatic heterocycles. The third-order valence-corrected chi connectivity index (χ3v) is 3.01. The fourth-order valence-electron chi connectivity index (χ4n) is 1.85. The second kappa shape index (κ2) is 4.72. The number of benzene rings is 1. The average Bonchev–Trinajstić information content (AvgIpc) is 2.75. The highest BCUT2D eigenvalue weighted by Crippen LogP contribution is 2.21. The van der Waals surface area contributed by atoms with Crippen molar-refractivity contribution in [3.05, 3.63) is 53.6 Å². The van der Waals surface area contributed by atoms with Gasteiger partial charge in [0.2, 0.25) is 0 Å². The van der Waals surface area contributed by atoms with Crippen LogP contribution in [-0.2, 0) is 7.05 Å².